The third-order valence-corrected chi connectivity index (χ3v) is 5.36. The molecule has 2 aliphatic rings. The Hall–Kier alpha value is -3.06. The molecule has 0 unspecified atom stereocenters. The van der Waals surface area contributed by atoms with Crippen LogP contribution < -0.4 is 15.1 Å². The molecule has 2 saturated heterocycles. The lowest BCUT2D eigenvalue weighted by Gasteiger charge is -2.29. The number of benzene rings is 2. The summed E-state index contributed by atoms with van der Waals surface area (Å²) in [7, 11) is 1.81. The summed E-state index contributed by atoms with van der Waals surface area (Å²) in [6.07, 6.45) is 0. The van der Waals surface area contributed by atoms with Gasteiger partial charge in [0.25, 0.3) is 5.91 Å². The maximum Gasteiger partial charge on any atom is 0.321 e. The molecule has 0 aliphatic carbocycles. The molecule has 2 aromatic carbocycles. The van der Waals surface area contributed by atoms with Crippen molar-refractivity contribution in [3.63, 3.8) is 0 Å². The van der Waals surface area contributed by atoms with E-state index in [1.165, 1.54) is 5.69 Å². The van der Waals surface area contributed by atoms with E-state index >= 15 is 0 Å². The summed E-state index contributed by atoms with van der Waals surface area (Å²) >= 11 is 0. The van der Waals surface area contributed by atoms with Gasteiger partial charge >= 0.3 is 6.03 Å². The van der Waals surface area contributed by atoms with Crippen molar-refractivity contribution in [2.24, 2.45) is 0 Å². The van der Waals surface area contributed by atoms with Gasteiger partial charge in [0.05, 0.1) is 13.2 Å². The largest absolute Gasteiger partial charge is 0.378 e. The molecule has 29 heavy (non-hydrogen) atoms. The zero-order valence-corrected chi connectivity index (χ0v) is 16.6. The molecule has 1 N–H and O–H groups in total. The van der Waals surface area contributed by atoms with E-state index in [9.17, 15) is 9.59 Å². The highest BCUT2D eigenvalue weighted by atomic mass is 16.5. The van der Waals surface area contributed by atoms with Gasteiger partial charge in [-0.1, -0.05) is 12.1 Å². The summed E-state index contributed by atoms with van der Waals surface area (Å²) < 4.78 is 5.40. The van der Waals surface area contributed by atoms with E-state index in [2.05, 4.69) is 34.5 Å². The third kappa shape index (κ3) is 4.35. The number of carbonyl (C=O) groups is 2. The summed E-state index contributed by atoms with van der Waals surface area (Å²) in [5.41, 5.74) is 3.69. The molecule has 2 heterocycles. The van der Waals surface area contributed by atoms with E-state index in [0.717, 1.165) is 37.6 Å². The van der Waals surface area contributed by atoms with E-state index in [1.54, 1.807) is 29.0 Å². The summed E-state index contributed by atoms with van der Waals surface area (Å²) in [5, 5.41) is 2.78. The lowest BCUT2D eigenvalue weighted by Crippen LogP contribution is -2.36. The van der Waals surface area contributed by atoms with Crippen LogP contribution in [0, 0.1) is 0 Å². The minimum Gasteiger partial charge on any atom is -0.378 e. The van der Waals surface area contributed by atoms with E-state index in [1.807, 2.05) is 12.1 Å². The third-order valence-electron chi connectivity index (χ3n) is 5.36. The average molecular weight is 394 g/mol. The van der Waals surface area contributed by atoms with Gasteiger partial charge in [-0.3, -0.25) is 9.69 Å². The lowest BCUT2D eigenvalue weighted by molar-refractivity contribution is 0.0785. The van der Waals surface area contributed by atoms with Gasteiger partial charge < -0.3 is 19.9 Å². The molecular weight excluding hydrogens is 368 g/mol. The molecule has 2 aliphatic heterocycles. The Bertz CT molecular complexity index is 861. The second kappa shape index (κ2) is 8.53. The summed E-state index contributed by atoms with van der Waals surface area (Å²) in [6, 6.07) is 15.5. The van der Waals surface area contributed by atoms with E-state index in [4.69, 9.17) is 4.74 Å². The second-order valence-corrected chi connectivity index (χ2v) is 7.36. The first kappa shape index (κ1) is 19.3. The van der Waals surface area contributed by atoms with Crippen LogP contribution in [0.4, 0.5) is 16.2 Å². The minimum atomic E-state index is -0.0956. The maximum absolute atomic E-state index is 12.8. The Morgan fingerprint density at radius 3 is 2.28 bits per heavy atom. The standard InChI is InChI=1S/C22H26N4O3/c1-24(16-17-2-6-19(7-3-17)25-12-14-29-15-13-25)21(27)18-4-8-20(9-5-18)26-11-10-23-22(26)28/h2-9H,10-16H2,1H3,(H,23,28). The van der Waals surface area contributed by atoms with Crippen molar-refractivity contribution in [3.8, 4) is 0 Å². The molecular formula is C22H26N4O3. The van der Waals surface area contributed by atoms with Gasteiger partial charge in [-0.2, -0.15) is 0 Å². The van der Waals surface area contributed by atoms with Crippen LogP contribution in [0.25, 0.3) is 0 Å². The zero-order valence-electron chi connectivity index (χ0n) is 16.6. The van der Waals surface area contributed by atoms with Crippen molar-refractivity contribution in [3.05, 3.63) is 59.7 Å². The van der Waals surface area contributed by atoms with Crippen LogP contribution in [0.5, 0.6) is 0 Å². The van der Waals surface area contributed by atoms with Crippen LogP contribution in [-0.4, -0.2) is 63.3 Å². The monoisotopic (exact) mass is 394 g/mol. The number of ether oxygens (including phenoxy) is 1. The van der Waals surface area contributed by atoms with Crippen molar-refractivity contribution in [2.75, 3.05) is 56.2 Å². The summed E-state index contributed by atoms with van der Waals surface area (Å²) in [6.45, 7) is 5.18. The van der Waals surface area contributed by atoms with E-state index < -0.39 is 0 Å². The summed E-state index contributed by atoms with van der Waals surface area (Å²) in [4.78, 5) is 30.2. The van der Waals surface area contributed by atoms with Gasteiger partial charge in [0.2, 0.25) is 0 Å². The zero-order chi connectivity index (χ0) is 20.2. The Kier molecular flexibility index (Phi) is 5.67. The predicted molar refractivity (Wildman–Crippen MR) is 112 cm³/mol. The molecule has 0 spiro atoms. The summed E-state index contributed by atoms with van der Waals surface area (Å²) in [5.74, 6) is -0.0420. The number of anilines is 2. The van der Waals surface area contributed by atoms with Gasteiger partial charge in [-0.05, 0) is 42.0 Å². The van der Waals surface area contributed by atoms with Crippen molar-refractivity contribution >= 4 is 23.3 Å². The number of rotatable bonds is 5. The van der Waals surface area contributed by atoms with Crippen LogP contribution >= 0.6 is 0 Å². The smallest absolute Gasteiger partial charge is 0.321 e. The fourth-order valence-electron chi connectivity index (χ4n) is 3.70. The maximum atomic E-state index is 12.8. The number of carbonyl (C=O) groups excluding carboxylic acids is 2. The SMILES string of the molecule is CN(Cc1ccc(N2CCOCC2)cc1)C(=O)c1ccc(N2CCNC2=O)cc1. The van der Waals surface area contributed by atoms with Crippen LogP contribution in [-0.2, 0) is 11.3 Å². The second-order valence-electron chi connectivity index (χ2n) is 7.36. The van der Waals surface area contributed by atoms with Crippen molar-refractivity contribution in [2.45, 2.75) is 6.54 Å². The van der Waals surface area contributed by atoms with Gasteiger partial charge in [0.1, 0.15) is 0 Å². The van der Waals surface area contributed by atoms with Gasteiger partial charge in [-0.25, -0.2) is 4.79 Å². The van der Waals surface area contributed by atoms with Gasteiger partial charge in [0.15, 0.2) is 0 Å². The average Bonchev–Trinajstić information content (AvgIpc) is 3.20. The number of urea groups is 1. The highest BCUT2D eigenvalue weighted by molar-refractivity contribution is 5.96. The number of hydrogen-bond donors (Lipinski definition) is 1. The molecule has 2 fully saturated rings. The van der Waals surface area contributed by atoms with Gasteiger partial charge in [0, 0.05) is 56.7 Å². The van der Waals surface area contributed by atoms with Crippen molar-refractivity contribution in [1.29, 1.82) is 0 Å². The molecule has 2 aromatic rings. The number of amides is 3. The highest BCUT2D eigenvalue weighted by Gasteiger charge is 2.21. The van der Waals surface area contributed by atoms with E-state index in [0.29, 0.717) is 25.2 Å². The molecule has 0 bridgehead atoms. The highest BCUT2D eigenvalue weighted by Crippen LogP contribution is 2.20. The van der Waals surface area contributed by atoms with E-state index in [-0.39, 0.29) is 11.9 Å². The first-order valence-electron chi connectivity index (χ1n) is 9.94. The molecule has 152 valence electrons. The molecule has 0 saturated carbocycles. The Labute approximate surface area is 170 Å². The van der Waals surface area contributed by atoms with Gasteiger partial charge in [-0.15, -0.1) is 0 Å². The minimum absolute atomic E-state index is 0.0420. The number of nitrogens with one attached hydrogen (secondary N) is 1. The molecule has 0 aromatic heterocycles. The number of nitrogens with zero attached hydrogens (tertiary/aromatic N) is 3. The normalized spacial score (nSPS) is 16.7. The van der Waals surface area contributed by atoms with Crippen LogP contribution in [0.2, 0.25) is 0 Å². The fraction of sp³-hybridized carbons (Fsp3) is 0.364. The Balaban J connectivity index is 1.37. The van der Waals surface area contributed by atoms with Crippen molar-refractivity contribution in [1.82, 2.24) is 10.2 Å². The lowest BCUT2D eigenvalue weighted by atomic mass is 10.1. The topological polar surface area (TPSA) is 65.1 Å². The van der Waals surface area contributed by atoms with Crippen LogP contribution in [0.1, 0.15) is 15.9 Å². The molecule has 4 rings (SSSR count). The van der Waals surface area contributed by atoms with Crippen molar-refractivity contribution < 1.29 is 14.3 Å². The molecule has 7 nitrogen and oxygen atoms in total. The Morgan fingerprint density at radius 2 is 1.66 bits per heavy atom. The molecule has 0 radical (unpaired) electrons. The first-order chi connectivity index (χ1) is 14.1. The van der Waals surface area contributed by atoms with Crippen LogP contribution in [0.15, 0.2) is 48.5 Å². The molecule has 7 heteroatoms. The first-order valence-corrected chi connectivity index (χ1v) is 9.94. The predicted octanol–water partition coefficient (Wildman–Crippen LogP) is 2.33. The quantitative estimate of drug-likeness (QED) is 0.845. The number of morpholine rings is 1. The number of hydrogen-bond acceptors (Lipinski definition) is 4. The molecule has 3 amide bonds. The fourth-order valence-corrected chi connectivity index (χ4v) is 3.70. The van der Waals surface area contributed by atoms with Crippen LogP contribution in [0.3, 0.4) is 0 Å². The Morgan fingerprint density at radius 1 is 1.00 bits per heavy atom. The molecule has 0 atom stereocenters.